The van der Waals surface area contributed by atoms with Gasteiger partial charge in [0.05, 0.1) is 0 Å². The summed E-state index contributed by atoms with van der Waals surface area (Å²) in [7, 11) is 0. The SMILES string of the molecule is CCC1CC(=O)N(Cc2ccc(F)cc2C(N)=S)C1. The largest absolute Gasteiger partial charge is 0.389 e. The van der Waals surface area contributed by atoms with E-state index in [4.69, 9.17) is 18.0 Å². The maximum absolute atomic E-state index is 13.2. The fourth-order valence-electron chi connectivity index (χ4n) is 2.40. The number of likely N-dealkylation sites (tertiary alicyclic amines) is 1. The van der Waals surface area contributed by atoms with Crippen LogP contribution in [0, 0.1) is 11.7 Å². The summed E-state index contributed by atoms with van der Waals surface area (Å²) < 4.78 is 13.2. The molecule has 0 spiro atoms. The highest BCUT2D eigenvalue weighted by atomic mass is 32.1. The van der Waals surface area contributed by atoms with Crippen molar-refractivity contribution >= 4 is 23.1 Å². The van der Waals surface area contributed by atoms with Gasteiger partial charge in [0.15, 0.2) is 0 Å². The van der Waals surface area contributed by atoms with Gasteiger partial charge in [-0.3, -0.25) is 4.79 Å². The molecule has 1 atom stereocenters. The lowest BCUT2D eigenvalue weighted by Crippen LogP contribution is -2.26. The number of hydrogen-bond donors (Lipinski definition) is 1. The second-order valence-corrected chi connectivity index (χ2v) is 5.36. The first kappa shape index (κ1) is 13.9. The van der Waals surface area contributed by atoms with Crippen molar-refractivity contribution in [2.24, 2.45) is 11.7 Å². The molecule has 0 radical (unpaired) electrons. The Bertz CT molecular complexity index is 518. The molecular weight excluding hydrogens is 263 g/mol. The van der Waals surface area contributed by atoms with Crippen molar-refractivity contribution in [1.29, 1.82) is 0 Å². The third-order valence-electron chi connectivity index (χ3n) is 3.57. The molecule has 1 amide bonds. The standard InChI is InChI=1S/C14H17FN2OS/c1-2-9-5-13(18)17(7-9)8-10-3-4-11(15)6-12(10)14(16)19/h3-4,6,9H,2,5,7-8H2,1H3,(H2,16,19). The van der Waals surface area contributed by atoms with E-state index in [0.29, 0.717) is 24.4 Å². The van der Waals surface area contributed by atoms with Crippen molar-refractivity contribution in [3.63, 3.8) is 0 Å². The molecule has 102 valence electrons. The van der Waals surface area contributed by atoms with Crippen LogP contribution >= 0.6 is 12.2 Å². The number of amides is 1. The highest BCUT2D eigenvalue weighted by molar-refractivity contribution is 7.80. The van der Waals surface area contributed by atoms with Crippen LogP contribution in [0.4, 0.5) is 4.39 Å². The third kappa shape index (κ3) is 3.10. The van der Waals surface area contributed by atoms with Crippen molar-refractivity contribution < 1.29 is 9.18 Å². The average molecular weight is 280 g/mol. The molecule has 3 nitrogen and oxygen atoms in total. The minimum atomic E-state index is -0.370. The zero-order valence-corrected chi connectivity index (χ0v) is 11.7. The summed E-state index contributed by atoms with van der Waals surface area (Å²) in [4.78, 5) is 13.8. The van der Waals surface area contributed by atoms with E-state index in [0.717, 1.165) is 18.5 Å². The van der Waals surface area contributed by atoms with E-state index in [-0.39, 0.29) is 16.7 Å². The Morgan fingerprint density at radius 2 is 2.32 bits per heavy atom. The zero-order chi connectivity index (χ0) is 14.0. The lowest BCUT2D eigenvalue weighted by Gasteiger charge is -2.18. The summed E-state index contributed by atoms with van der Waals surface area (Å²) in [6, 6.07) is 4.35. The fraction of sp³-hybridized carbons (Fsp3) is 0.429. The van der Waals surface area contributed by atoms with Crippen molar-refractivity contribution in [3.8, 4) is 0 Å². The van der Waals surface area contributed by atoms with Crippen LogP contribution in [-0.2, 0) is 11.3 Å². The topological polar surface area (TPSA) is 46.3 Å². The number of benzene rings is 1. The quantitative estimate of drug-likeness (QED) is 0.860. The Kier molecular flexibility index (Phi) is 4.14. The predicted octanol–water partition coefficient (Wildman–Crippen LogP) is 2.22. The van der Waals surface area contributed by atoms with E-state index in [9.17, 15) is 9.18 Å². The summed E-state index contributed by atoms with van der Waals surface area (Å²) >= 11 is 4.93. The van der Waals surface area contributed by atoms with E-state index in [1.165, 1.54) is 12.1 Å². The Morgan fingerprint density at radius 1 is 1.58 bits per heavy atom. The van der Waals surface area contributed by atoms with Gasteiger partial charge in [-0.1, -0.05) is 31.6 Å². The number of carbonyl (C=O) groups is 1. The van der Waals surface area contributed by atoms with E-state index in [1.807, 2.05) is 0 Å². The van der Waals surface area contributed by atoms with Crippen LogP contribution in [0.3, 0.4) is 0 Å². The van der Waals surface area contributed by atoms with Gasteiger partial charge in [0, 0.05) is 25.1 Å². The number of hydrogen-bond acceptors (Lipinski definition) is 2. The number of thiocarbonyl (C=S) groups is 1. The summed E-state index contributed by atoms with van der Waals surface area (Å²) in [5.74, 6) is 0.192. The molecule has 1 heterocycles. The first-order chi connectivity index (χ1) is 9.01. The van der Waals surface area contributed by atoms with E-state index in [1.54, 1.807) is 11.0 Å². The van der Waals surface area contributed by atoms with Crippen LogP contribution in [0.15, 0.2) is 18.2 Å². The molecule has 0 bridgehead atoms. The molecule has 19 heavy (non-hydrogen) atoms. The molecule has 1 aliphatic heterocycles. The predicted molar refractivity (Wildman–Crippen MR) is 76.1 cm³/mol. The Hall–Kier alpha value is -1.49. The molecular formula is C14H17FN2OS. The third-order valence-corrected chi connectivity index (χ3v) is 3.79. The van der Waals surface area contributed by atoms with Gasteiger partial charge in [-0.05, 0) is 23.6 Å². The Balaban J connectivity index is 2.20. The number of nitrogens with zero attached hydrogens (tertiary/aromatic N) is 1. The zero-order valence-electron chi connectivity index (χ0n) is 10.9. The van der Waals surface area contributed by atoms with Crippen LogP contribution in [-0.4, -0.2) is 22.3 Å². The number of carbonyl (C=O) groups excluding carboxylic acids is 1. The maximum Gasteiger partial charge on any atom is 0.223 e. The minimum absolute atomic E-state index is 0.144. The van der Waals surface area contributed by atoms with Gasteiger partial charge in [0.1, 0.15) is 10.8 Å². The van der Waals surface area contributed by atoms with Crippen LogP contribution < -0.4 is 5.73 Å². The van der Waals surface area contributed by atoms with Gasteiger partial charge in [-0.15, -0.1) is 0 Å². The molecule has 2 N–H and O–H groups in total. The first-order valence-electron chi connectivity index (χ1n) is 6.37. The molecule has 1 aromatic carbocycles. The maximum atomic E-state index is 13.2. The minimum Gasteiger partial charge on any atom is -0.389 e. The lowest BCUT2D eigenvalue weighted by atomic mass is 10.1. The van der Waals surface area contributed by atoms with Gasteiger partial charge in [-0.25, -0.2) is 4.39 Å². The molecule has 1 unspecified atom stereocenters. The lowest BCUT2D eigenvalue weighted by molar-refractivity contribution is -0.128. The molecule has 0 saturated carbocycles. The number of halogens is 1. The van der Waals surface area contributed by atoms with Crippen molar-refractivity contribution in [2.75, 3.05) is 6.54 Å². The van der Waals surface area contributed by atoms with E-state index < -0.39 is 0 Å². The molecule has 0 aliphatic carbocycles. The fourth-order valence-corrected chi connectivity index (χ4v) is 2.59. The Morgan fingerprint density at radius 3 is 2.89 bits per heavy atom. The van der Waals surface area contributed by atoms with E-state index >= 15 is 0 Å². The van der Waals surface area contributed by atoms with Crippen LogP contribution in [0.1, 0.15) is 30.9 Å². The second-order valence-electron chi connectivity index (χ2n) is 4.92. The summed E-state index contributed by atoms with van der Waals surface area (Å²) in [5.41, 5.74) is 6.93. The molecule has 1 fully saturated rings. The molecule has 1 aromatic rings. The van der Waals surface area contributed by atoms with Gasteiger partial charge < -0.3 is 10.6 Å². The van der Waals surface area contributed by atoms with Crippen LogP contribution in [0.5, 0.6) is 0 Å². The highest BCUT2D eigenvalue weighted by Crippen LogP contribution is 2.23. The normalized spacial score (nSPS) is 18.9. The van der Waals surface area contributed by atoms with Gasteiger partial charge in [0.25, 0.3) is 0 Å². The molecule has 0 aromatic heterocycles. The van der Waals surface area contributed by atoms with Gasteiger partial charge in [-0.2, -0.15) is 0 Å². The monoisotopic (exact) mass is 280 g/mol. The molecule has 1 aliphatic rings. The van der Waals surface area contributed by atoms with Crippen molar-refractivity contribution in [3.05, 3.63) is 35.1 Å². The first-order valence-corrected chi connectivity index (χ1v) is 6.78. The van der Waals surface area contributed by atoms with Crippen LogP contribution in [0.25, 0.3) is 0 Å². The number of nitrogens with two attached hydrogens (primary N) is 1. The van der Waals surface area contributed by atoms with Gasteiger partial charge >= 0.3 is 0 Å². The smallest absolute Gasteiger partial charge is 0.223 e. The summed E-state index contributed by atoms with van der Waals surface area (Å²) in [5, 5.41) is 0. The van der Waals surface area contributed by atoms with Crippen LogP contribution in [0.2, 0.25) is 0 Å². The Labute approximate surface area is 117 Å². The van der Waals surface area contributed by atoms with Crippen molar-refractivity contribution in [1.82, 2.24) is 4.90 Å². The number of rotatable bonds is 4. The second kappa shape index (κ2) is 5.65. The molecule has 5 heteroatoms. The van der Waals surface area contributed by atoms with Gasteiger partial charge in [0.2, 0.25) is 5.91 Å². The molecule has 1 saturated heterocycles. The summed E-state index contributed by atoms with van der Waals surface area (Å²) in [6.07, 6.45) is 1.59. The van der Waals surface area contributed by atoms with E-state index in [2.05, 4.69) is 6.92 Å². The summed E-state index contributed by atoms with van der Waals surface area (Å²) in [6.45, 7) is 3.28. The molecule has 2 rings (SSSR count). The van der Waals surface area contributed by atoms with Crippen molar-refractivity contribution in [2.45, 2.75) is 26.3 Å². The average Bonchev–Trinajstić information content (AvgIpc) is 2.72. The highest BCUT2D eigenvalue weighted by Gasteiger charge is 2.28.